The minimum Gasteiger partial charge on any atom is -0.306 e. The summed E-state index contributed by atoms with van der Waals surface area (Å²) in [6, 6.07) is 14.2. The monoisotopic (exact) mass is 293 g/mol. The third-order valence-corrected chi connectivity index (χ3v) is 3.72. The van der Waals surface area contributed by atoms with E-state index in [0.29, 0.717) is 0 Å². The Kier molecular flexibility index (Phi) is 4.87. The molecule has 1 atom stereocenters. The number of halogens is 2. The number of hydrogen-bond acceptors (Lipinski definition) is 1. The Hall–Kier alpha value is -1.02. The number of hydrogen-bond donors (Lipinski definition) is 1. The van der Waals surface area contributed by atoms with Crippen LogP contribution in [0.5, 0.6) is 0 Å². The first kappa shape index (κ1) is 14.4. The van der Waals surface area contributed by atoms with Crippen molar-refractivity contribution in [1.82, 2.24) is 5.32 Å². The highest BCUT2D eigenvalue weighted by Gasteiger charge is 2.06. The summed E-state index contributed by atoms with van der Waals surface area (Å²) in [6.45, 7) is 5.03. The molecule has 1 N–H and O–H groups in total. The highest BCUT2D eigenvalue weighted by molar-refractivity contribution is 6.30. The van der Waals surface area contributed by atoms with Crippen molar-refractivity contribution in [2.75, 3.05) is 0 Å². The molecule has 0 bridgehead atoms. The van der Waals surface area contributed by atoms with Crippen LogP contribution < -0.4 is 5.32 Å². The van der Waals surface area contributed by atoms with Gasteiger partial charge < -0.3 is 5.32 Å². The van der Waals surface area contributed by atoms with Gasteiger partial charge in [0.05, 0.1) is 0 Å². The van der Waals surface area contributed by atoms with Crippen LogP contribution in [0, 0.1) is 6.92 Å². The molecule has 0 fully saturated rings. The Morgan fingerprint density at radius 2 is 1.79 bits per heavy atom. The van der Waals surface area contributed by atoms with Crippen LogP contribution in [0.15, 0.2) is 42.5 Å². The second kappa shape index (κ2) is 6.42. The maximum absolute atomic E-state index is 6.01. The van der Waals surface area contributed by atoms with Crippen molar-refractivity contribution in [3.05, 3.63) is 69.2 Å². The first-order chi connectivity index (χ1) is 9.06. The average Bonchev–Trinajstić information content (AvgIpc) is 2.37. The molecule has 0 saturated carbocycles. The molecule has 19 heavy (non-hydrogen) atoms. The Balaban J connectivity index is 2.02. The van der Waals surface area contributed by atoms with Crippen molar-refractivity contribution in [3.63, 3.8) is 0 Å². The lowest BCUT2D eigenvalue weighted by Crippen LogP contribution is -2.18. The van der Waals surface area contributed by atoms with Gasteiger partial charge in [-0.05, 0) is 54.8 Å². The van der Waals surface area contributed by atoms with Gasteiger partial charge in [0, 0.05) is 22.6 Å². The van der Waals surface area contributed by atoms with E-state index in [1.165, 1.54) is 16.7 Å². The molecule has 0 spiro atoms. The molecule has 0 heterocycles. The highest BCUT2D eigenvalue weighted by Crippen LogP contribution is 2.19. The van der Waals surface area contributed by atoms with Crippen LogP contribution in [-0.4, -0.2) is 0 Å². The average molecular weight is 294 g/mol. The topological polar surface area (TPSA) is 12.0 Å². The molecule has 0 radical (unpaired) electrons. The van der Waals surface area contributed by atoms with Gasteiger partial charge >= 0.3 is 0 Å². The van der Waals surface area contributed by atoms with Gasteiger partial charge in [0.25, 0.3) is 0 Å². The fraction of sp³-hybridized carbons (Fsp3) is 0.250. The van der Waals surface area contributed by atoms with Crippen molar-refractivity contribution in [1.29, 1.82) is 0 Å². The minimum absolute atomic E-state index is 0.258. The highest BCUT2D eigenvalue weighted by atomic mass is 35.5. The van der Waals surface area contributed by atoms with Crippen molar-refractivity contribution < 1.29 is 0 Å². The van der Waals surface area contributed by atoms with Gasteiger partial charge in [-0.15, -0.1) is 0 Å². The summed E-state index contributed by atoms with van der Waals surface area (Å²) in [5.74, 6) is 0. The quantitative estimate of drug-likeness (QED) is 0.822. The first-order valence-corrected chi connectivity index (χ1v) is 7.06. The van der Waals surface area contributed by atoms with E-state index in [0.717, 1.165) is 16.6 Å². The third-order valence-electron chi connectivity index (χ3n) is 3.25. The van der Waals surface area contributed by atoms with Gasteiger partial charge in [-0.2, -0.15) is 0 Å². The summed E-state index contributed by atoms with van der Waals surface area (Å²) in [6.07, 6.45) is 0. The molecule has 0 aromatic heterocycles. The summed E-state index contributed by atoms with van der Waals surface area (Å²) in [4.78, 5) is 0. The predicted octanol–water partition coefficient (Wildman–Crippen LogP) is 5.15. The lowest BCUT2D eigenvalue weighted by molar-refractivity contribution is 0.573. The molecule has 0 amide bonds. The summed E-state index contributed by atoms with van der Waals surface area (Å²) in [5.41, 5.74) is 3.66. The number of aryl methyl sites for hydroxylation is 1. The van der Waals surface area contributed by atoms with Crippen LogP contribution in [-0.2, 0) is 6.54 Å². The third kappa shape index (κ3) is 3.97. The zero-order valence-electron chi connectivity index (χ0n) is 11.1. The van der Waals surface area contributed by atoms with Crippen LogP contribution in [0.1, 0.15) is 29.7 Å². The molecule has 1 unspecified atom stereocenters. The Bertz CT molecular complexity index is 566. The number of benzene rings is 2. The van der Waals surface area contributed by atoms with Crippen molar-refractivity contribution in [2.45, 2.75) is 26.4 Å². The van der Waals surface area contributed by atoms with Crippen molar-refractivity contribution in [3.8, 4) is 0 Å². The van der Waals surface area contributed by atoms with E-state index in [1.807, 2.05) is 30.3 Å². The Morgan fingerprint density at radius 1 is 1.05 bits per heavy atom. The van der Waals surface area contributed by atoms with E-state index < -0.39 is 0 Å². The molecular weight excluding hydrogens is 277 g/mol. The normalized spacial score (nSPS) is 12.4. The number of rotatable bonds is 4. The minimum atomic E-state index is 0.258. The largest absolute Gasteiger partial charge is 0.306 e. The smallest absolute Gasteiger partial charge is 0.0409 e. The standard InChI is InChI=1S/C16H17Cl2N/c1-11-8-16(18)7-6-14(11)10-19-12(2)13-4-3-5-15(17)9-13/h3-9,12,19H,10H2,1-2H3. The number of nitrogens with one attached hydrogen (secondary N) is 1. The van der Waals surface area contributed by atoms with Crippen molar-refractivity contribution >= 4 is 23.2 Å². The molecule has 2 aromatic rings. The maximum atomic E-state index is 6.01. The SMILES string of the molecule is Cc1cc(Cl)ccc1CNC(C)c1cccc(Cl)c1. The molecule has 100 valence electrons. The second-order valence-corrected chi connectivity index (χ2v) is 5.60. The van der Waals surface area contributed by atoms with Gasteiger partial charge in [0.15, 0.2) is 0 Å². The predicted molar refractivity (Wildman–Crippen MR) is 82.9 cm³/mol. The zero-order chi connectivity index (χ0) is 13.8. The van der Waals surface area contributed by atoms with E-state index in [2.05, 4.69) is 31.3 Å². The van der Waals surface area contributed by atoms with Gasteiger partial charge in [-0.25, -0.2) is 0 Å². The van der Waals surface area contributed by atoms with Crippen LogP contribution in [0.4, 0.5) is 0 Å². The van der Waals surface area contributed by atoms with E-state index in [9.17, 15) is 0 Å². The summed E-state index contributed by atoms with van der Waals surface area (Å²) in [5, 5.41) is 5.05. The molecule has 1 nitrogen and oxygen atoms in total. The van der Waals surface area contributed by atoms with Crippen molar-refractivity contribution in [2.24, 2.45) is 0 Å². The zero-order valence-corrected chi connectivity index (χ0v) is 12.6. The van der Waals surface area contributed by atoms with Crippen LogP contribution in [0.25, 0.3) is 0 Å². The molecule has 0 aliphatic rings. The molecule has 0 aliphatic carbocycles. The molecular formula is C16H17Cl2N. The van der Waals surface area contributed by atoms with E-state index in [4.69, 9.17) is 23.2 Å². The maximum Gasteiger partial charge on any atom is 0.0409 e. The Labute approximate surface area is 124 Å². The fourth-order valence-corrected chi connectivity index (χ4v) is 2.44. The molecule has 2 rings (SSSR count). The van der Waals surface area contributed by atoms with Crippen LogP contribution in [0.3, 0.4) is 0 Å². The van der Waals surface area contributed by atoms with Gasteiger partial charge in [0.1, 0.15) is 0 Å². The Morgan fingerprint density at radius 3 is 2.47 bits per heavy atom. The molecule has 0 saturated heterocycles. The van der Waals surface area contributed by atoms with E-state index >= 15 is 0 Å². The van der Waals surface area contributed by atoms with E-state index in [-0.39, 0.29) is 6.04 Å². The van der Waals surface area contributed by atoms with Crippen LogP contribution in [0.2, 0.25) is 10.0 Å². The van der Waals surface area contributed by atoms with Gasteiger partial charge in [0.2, 0.25) is 0 Å². The second-order valence-electron chi connectivity index (χ2n) is 4.73. The summed E-state index contributed by atoms with van der Waals surface area (Å²) >= 11 is 12.0. The summed E-state index contributed by atoms with van der Waals surface area (Å²) < 4.78 is 0. The van der Waals surface area contributed by atoms with Gasteiger partial charge in [-0.3, -0.25) is 0 Å². The first-order valence-electron chi connectivity index (χ1n) is 6.30. The van der Waals surface area contributed by atoms with E-state index in [1.54, 1.807) is 0 Å². The van der Waals surface area contributed by atoms with Gasteiger partial charge in [-0.1, -0.05) is 41.4 Å². The molecule has 0 aliphatic heterocycles. The van der Waals surface area contributed by atoms with Crippen LogP contribution >= 0.6 is 23.2 Å². The molecule has 3 heteroatoms. The fourth-order valence-electron chi connectivity index (χ4n) is 2.01. The lowest BCUT2D eigenvalue weighted by Gasteiger charge is -2.15. The summed E-state index contributed by atoms with van der Waals surface area (Å²) in [7, 11) is 0. The lowest BCUT2D eigenvalue weighted by atomic mass is 10.1. The molecule has 2 aromatic carbocycles.